The van der Waals surface area contributed by atoms with Gasteiger partial charge in [0.25, 0.3) is 5.91 Å². The van der Waals surface area contributed by atoms with Crippen LogP contribution in [0.1, 0.15) is 34.5 Å². The van der Waals surface area contributed by atoms with Crippen molar-refractivity contribution in [2.75, 3.05) is 14.2 Å². The molecule has 0 heterocycles. The molecule has 0 aliphatic heterocycles. The topological polar surface area (TPSA) is 47.6 Å². The van der Waals surface area contributed by atoms with Gasteiger partial charge >= 0.3 is 0 Å². The van der Waals surface area contributed by atoms with Crippen LogP contribution in [0.5, 0.6) is 11.5 Å². The van der Waals surface area contributed by atoms with E-state index in [1.807, 2.05) is 56.3 Å². The molecule has 116 valence electrons. The van der Waals surface area contributed by atoms with Crippen molar-refractivity contribution in [2.45, 2.75) is 19.9 Å². The van der Waals surface area contributed by atoms with Crippen LogP contribution in [0, 0.1) is 6.92 Å². The predicted octanol–water partition coefficient (Wildman–Crippen LogP) is 3.50. The van der Waals surface area contributed by atoms with Crippen molar-refractivity contribution in [3.8, 4) is 11.5 Å². The summed E-state index contributed by atoms with van der Waals surface area (Å²) in [6.45, 7) is 3.86. The molecule has 2 aromatic rings. The van der Waals surface area contributed by atoms with Crippen LogP contribution in [-0.2, 0) is 0 Å². The summed E-state index contributed by atoms with van der Waals surface area (Å²) in [6, 6.07) is 12.9. The lowest BCUT2D eigenvalue weighted by atomic mass is 10.0. The first-order chi connectivity index (χ1) is 10.6. The molecule has 2 rings (SSSR count). The minimum absolute atomic E-state index is 0.0940. The van der Waals surface area contributed by atoms with Crippen molar-refractivity contribution in [3.63, 3.8) is 0 Å². The number of carbonyl (C=O) groups excluding carboxylic acids is 1. The molecule has 4 nitrogen and oxygen atoms in total. The van der Waals surface area contributed by atoms with E-state index in [9.17, 15) is 4.79 Å². The van der Waals surface area contributed by atoms with Gasteiger partial charge in [0.1, 0.15) is 11.5 Å². The fourth-order valence-electron chi connectivity index (χ4n) is 2.36. The molecule has 0 fully saturated rings. The second kappa shape index (κ2) is 6.98. The van der Waals surface area contributed by atoms with Crippen LogP contribution in [0.15, 0.2) is 42.5 Å². The number of rotatable bonds is 5. The Morgan fingerprint density at radius 1 is 1.09 bits per heavy atom. The van der Waals surface area contributed by atoms with Gasteiger partial charge in [0.2, 0.25) is 0 Å². The highest BCUT2D eigenvalue weighted by molar-refractivity contribution is 5.95. The van der Waals surface area contributed by atoms with Crippen molar-refractivity contribution >= 4 is 5.91 Å². The zero-order chi connectivity index (χ0) is 16.1. The molecule has 0 bridgehead atoms. The second-order valence-electron chi connectivity index (χ2n) is 5.12. The maximum atomic E-state index is 12.4. The first kappa shape index (κ1) is 15.9. The molecule has 1 unspecified atom stereocenters. The van der Waals surface area contributed by atoms with Gasteiger partial charge in [0, 0.05) is 17.2 Å². The third-order valence-corrected chi connectivity index (χ3v) is 3.64. The summed E-state index contributed by atoms with van der Waals surface area (Å²) in [6.07, 6.45) is 0. The van der Waals surface area contributed by atoms with E-state index < -0.39 is 0 Å². The van der Waals surface area contributed by atoms with E-state index in [4.69, 9.17) is 9.47 Å². The first-order valence-electron chi connectivity index (χ1n) is 7.15. The average Bonchev–Trinajstić information content (AvgIpc) is 2.54. The minimum atomic E-state index is -0.173. The van der Waals surface area contributed by atoms with Crippen molar-refractivity contribution in [1.29, 1.82) is 0 Å². The van der Waals surface area contributed by atoms with Gasteiger partial charge in [-0.05, 0) is 37.6 Å². The van der Waals surface area contributed by atoms with Crippen molar-refractivity contribution in [1.82, 2.24) is 5.32 Å². The van der Waals surface area contributed by atoms with Crippen molar-refractivity contribution < 1.29 is 14.3 Å². The highest BCUT2D eigenvalue weighted by atomic mass is 16.5. The number of methoxy groups -OCH3 is 2. The molecule has 1 amide bonds. The fraction of sp³-hybridized carbons (Fsp3) is 0.278. The molecule has 0 saturated carbocycles. The predicted molar refractivity (Wildman–Crippen MR) is 86.6 cm³/mol. The Balaban J connectivity index is 2.20. The molecule has 2 aromatic carbocycles. The first-order valence-corrected chi connectivity index (χ1v) is 7.15. The highest BCUT2D eigenvalue weighted by Gasteiger charge is 2.16. The average molecular weight is 299 g/mol. The lowest BCUT2D eigenvalue weighted by molar-refractivity contribution is 0.0939. The molecule has 1 N–H and O–H groups in total. The van der Waals surface area contributed by atoms with Gasteiger partial charge in [0.05, 0.1) is 20.3 Å². The Morgan fingerprint density at radius 2 is 1.82 bits per heavy atom. The maximum Gasteiger partial charge on any atom is 0.252 e. The molecule has 22 heavy (non-hydrogen) atoms. The van der Waals surface area contributed by atoms with Crippen LogP contribution in [0.4, 0.5) is 0 Å². The van der Waals surface area contributed by atoms with Crippen LogP contribution in [0.25, 0.3) is 0 Å². The molecular formula is C18H21NO3. The number of nitrogens with one attached hydrogen (secondary N) is 1. The third-order valence-electron chi connectivity index (χ3n) is 3.64. The number of aryl methyl sites for hydroxylation is 1. The van der Waals surface area contributed by atoms with E-state index >= 15 is 0 Å². The number of amides is 1. The van der Waals surface area contributed by atoms with Crippen molar-refractivity contribution in [3.05, 3.63) is 59.2 Å². The Morgan fingerprint density at radius 3 is 2.45 bits per heavy atom. The Labute approximate surface area is 131 Å². The quantitative estimate of drug-likeness (QED) is 0.919. The number of carbonyl (C=O) groups is 1. The summed E-state index contributed by atoms with van der Waals surface area (Å²) >= 11 is 0. The Bertz CT molecular complexity index is 667. The maximum absolute atomic E-state index is 12.4. The summed E-state index contributed by atoms with van der Waals surface area (Å²) < 4.78 is 10.6. The molecule has 0 radical (unpaired) electrons. The minimum Gasteiger partial charge on any atom is -0.497 e. The van der Waals surface area contributed by atoms with E-state index in [2.05, 4.69) is 5.32 Å². The third kappa shape index (κ3) is 3.39. The zero-order valence-corrected chi connectivity index (χ0v) is 13.3. The van der Waals surface area contributed by atoms with Crippen LogP contribution >= 0.6 is 0 Å². The standard InChI is InChI=1S/C18H21NO3/c1-12-7-5-6-8-15(12)18(20)19-13(2)16-10-9-14(21-3)11-17(16)22-4/h5-11,13H,1-4H3,(H,19,20). The number of hydrogen-bond donors (Lipinski definition) is 1. The van der Waals surface area contributed by atoms with Gasteiger partial charge in [0.15, 0.2) is 0 Å². The second-order valence-corrected chi connectivity index (χ2v) is 5.12. The van der Waals surface area contributed by atoms with E-state index in [1.165, 1.54) is 0 Å². The van der Waals surface area contributed by atoms with Gasteiger partial charge in [-0.2, -0.15) is 0 Å². The molecule has 0 aromatic heterocycles. The largest absolute Gasteiger partial charge is 0.497 e. The molecule has 0 aliphatic rings. The summed E-state index contributed by atoms with van der Waals surface area (Å²) in [5.74, 6) is 1.32. The zero-order valence-electron chi connectivity index (χ0n) is 13.3. The van der Waals surface area contributed by atoms with Gasteiger partial charge < -0.3 is 14.8 Å². The van der Waals surface area contributed by atoms with E-state index in [1.54, 1.807) is 14.2 Å². The number of benzene rings is 2. The van der Waals surface area contributed by atoms with Crippen LogP contribution < -0.4 is 14.8 Å². The Kier molecular flexibility index (Phi) is 5.04. The summed E-state index contributed by atoms with van der Waals surface area (Å²) in [4.78, 5) is 12.4. The molecular weight excluding hydrogens is 278 g/mol. The Hall–Kier alpha value is -2.49. The van der Waals surface area contributed by atoms with Gasteiger partial charge in [-0.25, -0.2) is 0 Å². The summed E-state index contributed by atoms with van der Waals surface area (Å²) in [5, 5.41) is 3.01. The molecule has 0 spiro atoms. The molecule has 0 aliphatic carbocycles. The van der Waals surface area contributed by atoms with E-state index in [0.29, 0.717) is 11.3 Å². The van der Waals surface area contributed by atoms with Crippen LogP contribution in [0.2, 0.25) is 0 Å². The highest BCUT2D eigenvalue weighted by Crippen LogP contribution is 2.29. The summed E-state index contributed by atoms with van der Waals surface area (Å²) in [7, 11) is 3.21. The molecule has 0 saturated heterocycles. The van der Waals surface area contributed by atoms with E-state index in [-0.39, 0.29) is 11.9 Å². The smallest absolute Gasteiger partial charge is 0.252 e. The van der Waals surface area contributed by atoms with Gasteiger partial charge in [-0.15, -0.1) is 0 Å². The lowest BCUT2D eigenvalue weighted by Gasteiger charge is -2.18. The van der Waals surface area contributed by atoms with Crippen molar-refractivity contribution in [2.24, 2.45) is 0 Å². The fourth-order valence-corrected chi connectivity index (χ4v) is 2.36. The van der Waals surface area contributed by atoms with Gasteiger partial charge in [-0.1, -0.05) is 18.2 Å². The normalized spacial score (nSPS) is 11.6. The molecule has 1 atom stereocenters. The number of hydrogen-bond acceptors (Lipinski definition) is 3. The summed E-state index contributed by atoms with van der Waals surface area (Å²) in [5.41, 5.74) is 2.54. The SMILES string of the molecule is COc1ccc(C(C)NC(=O)c2ccccc2C)c(OC)c1. The number of ether oxygens (including phenoxy) is 2. The van der Waals surface area contributed by atoms with Crippen LogP contribution in [0.3, 0.4) is 0 Å². The van der Waals surface area contributed by atoms with Gasteiger partial charge in [-0.3, -0.25) is 4.79 Å². The monoisotopic (exact) mass is 299 g/mol. The van der Waals surface area contributed by atoms with E-state index in [0.717, 1.165) is 16.9 Å². The van der Waals surface area contributed by atoms with Crippen LogP contribution in [-0.4, -0.2) is 20.1 Å². The molecule has 4 heteroatoms. The lowest BCUT2D eigenvalue weighted by Crippen LogP contribution is -2.27.